The van der Waals surface area contributed by atoms with E-state index in [0.29, 0.717) is 58.0 Å². The number of unbranched alkanes of at least 4 members (excludes halogenated alkanes) is 2. The third-order valence-electron chi connectivity index (χ3n) is 5.13. The van der Waals surface area contributed by atoms with E-state index in [1.165, 1.54) is 9.80 Å². The predicted octanol–water partition coefficient (Wildman–Crippen LogP) is 1.96. The summed E-state index contributed by atoms with van der Waals surface area (Å²) in [6, 6.07) is -1.86. The fourth-order valence-corrected chi connectivity index (χ4v) is 3.14. The van der Waals surface area contributed by atoms with Crippen LogP contribution in [0.3, 0.4) is 0 Å². The Morgan fingerprint density at radius 3 is 1.24 bits per heavy atom. The van der Waals surface area contributed by atoms with Gasteiger partial charge < -0.3 is 42.3 Å². The summed E-state index contributed by atoms with van der Waals surface area (Å²) in [6.07, 6.45) is 5.68. The Hall–Kier alpha value is -1.70. The molecule has 0 aromatic carbocycles. The van der Waals surface area contributed by atoms with Gasteiger partial charge in [0.1, 0.15) is 12.1 Å². The minimum atomic E-state index is -1.06. The molecule has 0 bridgehead atoms. The third kappa shape index (κ3) is 22.0. The fraction of sp³-hybridized carbons (Fsp3) is 0.714. The Morgan fingerprint density at radius 1 is 0.649 bits per heavy atom. The Kier molecular flexibility index (Phi) is 33.4. The van der Waals surface area contributed by atoms with Crippen molar-refractivity contribution in [2.75, 3.05) is 26.2 Å². The number of aliphatic carboxylic acids is 2. The highest BCUT2D eigenvalue weighted by atomic mass is 35.5. The van der Waals surface area contributed by atoms with Gasteiger partial charge in [0.05, 0.1) is 13.1 Å². The van der Waals surface area contributed by atoms with E-state index in [9.17, 15) is 19.2 Å². The zero-order chi connectivity index (χ0) is 25.2. The minimum absolute atomic E-state index is 0. The van der Waals surface area contributed by atoms with E-state index < -0.39 is 24.0 Å². The number of halogens is 4. The van der Waals surface area contributed by atoms with Gasteiger partial charge in [0.25, 0.3) is 0 Å². The maximum absolute atomic E-state index is 12.5. The van der Waals surface area contributed by atoms with Crippen LogP contribution in [0.5, 0.6) is 0 Å². The second-order valence-electron chi connectivity index (χ2n) is 7.82. The summed E-state index contributed by atoms with van der Waals surface area (Å²) in [5.41, 5.74) is 10.9. The molecule has 2 atom stereocenters. The smallest absolute Gasteiger partial charge is 0.320 e. The van der Waals surface area contributed by atoms with E-state index in [2.05, 4.69) is 0 Å². The van der Waals surface area contributed by atoms with Crippen molar-refractivity contribution in [2.24, 2.45) is 11.5 Å². The summed E-state index contributed by atoms with van der Waals surface area (Å²) in [6.45, 7) is 1.06. The first-order valence-electron chi connectivity index (χ1n) is 11.1. The first kappa shape index (κ1) is 45.2. The molecule has 0 aliphatic carbocycles. The molecule has 16 heteroatoms. The molecule has 0 spiro atoms. The quantitative estimate of drug-likeness (QED) is 0.0876. The molecule has 0 rings (SSSR count). The second-order valence-corrected chi connectivity index (χ2v) is 7.82. The number of rotatable bonds is 20. The van der Waals surface area contributed by atoms with Crippen LogP contribution in [-0.4, -0.2) is 94.5 Å². The maximum atomic E-state index is 12.5. The van der Waals surface area contributed by atoms with Gasteiger partial charge >= 0.3 is 11.9 Å². The molecule has 2 unspecified atom stereocenters. The molecule has 220 valence electrons. The molecule has 0 heterocycles. The molecule has 0 aliphatic rings. The van der Waals surface area contributed by atoms with Crippen LogP contribution in [0.25, 0.3) is 0 Å². The maximum Gasteiger partial charge on any atom is 0.320 e. The number of nitrogens with one attached hydrogen (secondary N) is 2. The normalized spacial score (nSPS) is 11.1. The highest BCUT2D eigenvalue weighted by Crippen LogP contribution is 2.08. The number of carboxylic acids is 2. The van der Waals surface area contributed by atoms with Crippen LogP contribution in [0, 0.1) is 10.8 Å². The summed E-state index contributed by atoms with van der Waals surface area (Å²) < 4.78 is 0. The summed E-state index contributed by atoms with van der Waals surface area (Å²) in [5.74, 6) is -2.49. The summed E-state index contributed by atoms with van der Waals surface area (Å²) in [7, 11) is 0. The third-order valence-corrected chi connectivity index (χ3v) is 5.13. The lowest BCUT2D eigenvalue weighted by atomic mass is 10.1. The molecule has 2 amide bonds. The van der Waals surface area contributed by atoms with Crippen LogP contribution in [0.2, 0.25) is 0 Å². The van der Waals surface area contributed by atoms with E-state index in [0.717, 1.165) is 12.4 Å². The van der Waals surface area contributed by atoms with Gasteiger partial charge in [0.15, 0.2) is 0 Å². The monoisotopic (exact) mass is 614 g/mol. The lowest BCUT2D eigenvalue weighted by Gasteiger charge is -2.22. The zero-order valence-electron chi connectivity index (χ0n) is 20.7. The van der Waals surface area contributed by atoms with E-state index in [1.54, 1.807) is 0 Å². The standard InChI is InChI=1S/C21H38N6O6.4ClH/c22-10-14-26(12-3-1-6-16(24)20(30)31)18(28)8-5-9-19(29)27(15-11-23)13-4-2-7-17(25)21(32)33;;;;/h10-11,16-17,22-23H,1-9,12-15,24-25H2,(H,30,31)(H,32,33);4*1H. The van der Waals surface area contributed by atoms with Crippen LogP contribution < -0.4 is 11.5 Å². The average molecular weight is 616 g/mol. The number of nitrogens with two attached hydrogens (primary N) is 2. The first-order valence-corrected chi connectivity index (χ1v) is 11.1. The minimum Gasteiger partial charge on any atom is -0.480 e. The van der Waals surface area contributed by atoms with Crippen LogP contribution >= 0.6 is 49.6 Å². The van der Waals surface area contributed by atoms with Gasteiger partial charge in [-0.05, 0) is 44.9 Å². The SMILES string of the molecule is Cl.Cl.Cl.Cl.N=CCN(CCCCC(N)C(=O)O)C(=O)CCCC(=O)N(CC=N)CCCCC(N)C(=O)O. The Labute approximate surface area is 242 Å². The van der Waals surface area contributed by atoms with Crippen molar-refractivity contribution >= 4 is 85.8 Å². The van der Waals surface area contributed by atoms with E-state index in [1.807, 2.05) is 0 Å². The summed E-state index contributed by atoms with van der Waals surface area (Å²) in [4.78, 5) is 49.4. The van der Waals surface area contributed by atoms with Crippen molar-refractivity contribution in [2.45, 2.75) is 69.9 Å². The molecule has 12 nitrogen and oxygen atoms in total. The number of carbonyl (C=O) groups is 4. The van der Waals surface area contributed by atoms with Crippen LogP contribution in [-0.2, 0) is 19.2 Å². The van der Waals surface area contributed by atoms with Gasteiger partial charge in [0, 0.05) is 38.4 Å². The molecular formula is C21H42Cl4N6O6. The van der Waals surface area contributed by atoms with Gasteiger partial charge in [-0.15, -0.1) is 49.6 Å². The number of carbonyl (C=O) groups excluding carboxylic acids is 2. The van der Waals surface area contributed by atoms with Crippen LogP contribution in [0.15, 0.2) is 0 Å². The number of carboxylic acid groups (broad SMARTS) is 2. The van der Waals surface area contributed by atoms with Gasteiger partial charge in [-0.2, -0.15) is 0 Å². The molecule has 0 aromatic rings. The molecular weight excluding hydrogens is 574 g/mol. The molecule has 8 N–H and O–H groups in total. The zero-order valence-corrected chi connectivity index (χ0v) is 24.0. The molecule has 0 saturated carbocycles. The van der Waals surface area contributed by atoms with Crippen molar-refractivity contribution in [3.8, 4) is 0 Å². The highest BCUT2D eigenvalue weighted by molar-refractivity contribution is 5.86. The lowest BCUT2D eigenvalue weighted by Crippen LogP contribution is -2.35. The molecule has 0 aromatic heterocycles. The number of hydrogen-bond acceptors (Lipinski definition) is 8. The first-order chi connectivity index (χ1) is 15.6. The van der Waals surface area contributed by atoms with Crippen LogP contribution in [0.1, 0.15) is 57.8 Å². The Balaban J connectivity index is -0.000000853. The lowest BCUT2D eigenvalue weighted by molar-refractivity contribution is -0.139. The number of nitrogens with zero attached hydrogens (tertiary/aromatic N) is 2. The average Bonchev–Trinajstić information content (AvgIpc) is 2.77. The van der Waals surface area contributed by atoms with Gasteiger partial charge in [0.2, 0.25) is 11.8 Å². The topological polar surface area (TPSA) is 215 Å². The van der Waals surface area contributed by atoms with E-state index in [-0.39, 0.29) is 87.4 Å². The van der Waals surface area contributed by atoms with Crippen molar-refractivity contribution < 1.29 is 29.4 Å². The molecule has 0 fully saturated rings. The summed E-state index contributed by atoms with van der Waals surface area (Å²) in [5, 5.41) is 32.1. The summed E-state index contributed by atoms with van der Waals surface area (Å²) >= 11 is 0. The Morgan fingerprint density at radius 2 is 0.973 bits per heavy atom. The Bertz CT molecular complexity index is 623. The number of hydrogen-bond donors (Lipinski definition) is 6. The van der Waals surface area contributed by atoms with Crippen molar-refractivity contribution in [1.82, 2.24) is 9.80 Å². The van der Waals surface area contributed by atoms with E-state index in [4.69, 9.17) is 32.5 Å². The molecule has 0 radical (unpaired) electrons. The second kappa shape index (κ2) is 27.3. The van der Waals surface area contributed by atoms with Crippen molar-refractivity contribution in [3.05, 3.63) is 0 Å². The molecule has 0 aliphatic heterocycles. The van der Waals surface area contributed by atoms with Crippen molar-refractivity contribution in [3.63, 3.8) is 0 Å². The van der Waals surface area contributed by atoms with Crippen LogP contribution in [0.4, 0.5) is 0 Å². The molecule has 37 heavy (non-hydrogen) atoms. The van der Waals surface area contributed by atoms with Gasteiger partial charge in [-0.3, -0.25) is 19.2 Å². The highest BCUT2D eigenvalue weighted by Gasteiger charge is 2.17. The predicted molar refractivity (Wildman–Crippen MR) is 152 cm³/mol. The van der Waals surface area contributed by atoms with E-state index >= 15 is 0 Å². The van der Waals surface area contributed by atoms with Gasteiger partial charge in [-0.1, -0.05) is 0 Å². The fourth-order valence-electron chi connectivity index (χ4n) is 3.14. The molecule has 0 saturated heterocycles. The van der Waals surface area contributed by atoms with Gasteiger partial charge in [-0.25, -0.2) is 0 Å². The largest absolute Gasteiger partial charge is 0.480 e. The van der Waals surface area contributed by atoms with Crippen molar-refractivity contribution in [1.29, 1.82) is 10.8 Å². The number of amides is 2.